The normalized spacial score (nSPS) is 12.2. The highest BCUT2D eigenvalue weighted by molar-refractivity contribution is 6.33. The van der Waals surface area contributed by atoms with Crippen LogP contribution < -0.4 is 10.5 Å². The van der Waals surface area contributed by atoms with Gasteiger partial charge in [0.2, 0.25) is 0 Å². The predicted octanol–water partition coefficient (Wildman–Crippen LogP) is 2.13. The SMILES string of the molecule is COc1cc(C)cc(C(N)CC(=O)O)c1Cl. The van der Waals surface area contributed by atoms with E-state index in [1.165, 1.54) is 7.11 Å². The zero-order valence-corrected chi connectivity index (χ0v) is 9.91. The molecule has 0 aliphatic heterocycles. The number of hydrogen-bond acceptors (Lipinski definition) is 3. The summed E-state index contributed by atoms with van der Waals surface area (Å²) < 4.78 is 5.09. The topological polar surface area (TPSA) is 72.5 Å². The van der Waals surface area contributed by atoms with Gasteiger partial charge in [-0.05, 0) is 24.1 Å². The lowest BCUT2D eigenvalue weighted by molar-refractivity contribution is -0.137. The second kappa shape index (κ2) is 5.18. The van der Waals surface area contributed by atoms with E-state index >= 15 is 0 Å². The van der Waals surface area contributed by atoms with Gasteiger partial charge in [0.25, 0.3) is 0 Å². The Bertz CT molecular complexity index is 406. The van der Waals surface area contributed by atoms with E-state index in [4.69, 9.17) is 27.2 Å². The Morgan fingerprint density at radius 1 is 1.62 bits per heavy atom. The molecule has 0 aliphatic rings. The number of methoxy groups -OCH3 is 1. The van der Waals surface area contributed by atoms with Gasteiger partial charge < -0.3 is 15.6 Å². The second-order valence-corrected chi connectivity index (χ2v) is 3.95. The average Bonchev–Trinajstić information content (AvgIpc) is 2.19. The van der Waals surface area contributed by atoms with E-state index in [0.29, 0.717) is 16.3 Å². The number of aliphatic carboxylic acids is 1. The third-order valence-corrected chi connectivity index (χ3v) is 2.63. The van der Waals surface area contributed by atoms with E-state index in [2.05, 4.69) is 0 Å². The summed E-state index contributed by atoms with van der Waals surface area (Å²) in [5, 5.41) is 9.05. The van der Waals surface area contributed by atoms with Crippen LogP contribution in [0, 0.1) is 6.92 Å². The van der Waals surface area contributed by atoms with Crippen molar-refractivity contribution >= 4 is 17.6 Å². The van der Waals surface area contributed by atoms with Crippen LogP contribution in [0.15, 0.2) is 12.1 Å². The Hall–Kier alpha value is -1.26. The molecule has 1 aromatic carbocycles. The number of hydrogen-bond donors (Lipinski definition) is 2. The van der Waals surface area contributed by atoms with Gasteiger partial charge in [-0.2, -0.15) is 0 Å². The smallest absolute Gasteiger partial charge is 0.305 e. The molecule has 0 bridgehead atoms. The number of ether oxygens (including phenoxy) is 1. The van der Waals surface area contributed by atoms with Crippen molar-refractivity contribution in [1.29, 1.82) is 0 Å². The van der Waals surface area contributed by atoms with Crippen molar-refractivity contribution in [3.05, 3.63) is 28.3 Å². The minimum absolute atomic E-state index is 0.160. The number of nitrogens with two attached hydrogens (primary N) is 1. The molecule has 0 saturated carbocycles. The molecule has 0 amide bonds. The highest BCUT2D eigenvalue weighted by Gasteiger charge is 2.17. The maximum absolute atomic E-state index is 10.6. The van der Waals surface area contributed by atoms with Gasteiger partial charge in [0.1, 0.15) is 5.75 Å². The number of halogens is 1. The van der Waals surface area contributed by atoms with Crippen molar-refractivity contribution in [3.8, 4) is 5.75 Å². The lowest BCUT2D eigenvalue weighted by atomic mass is 10.0. The summed E-state index contributed by atoms with van der Waals surface area (Å²) in [5.41, 5.74) is 7.29. The van der Waals surface area contributed by atoms with Gasteiger partial charge in [0.05, 0.1) is 18.6 Å². The standard InChI is InChI=1S/C11H14ClNO3/c1-6-3-7(8(13)5-10(14)15)11(12)9(4-6)16-2/h3-4,8H,5,13H2,1-2H3,(H,14,15). The summed E-state index contributed by atoms with van der Waals surface area (Å²) >= 11 is 6.06. The Balaban J connectivity index is 3.12. The van der Waals surface area contributed by atoms with Crippen molar-refractivity contribution in [1.82, 2.24) is 0 Å². The van der Waals surface area contributed by atoms with Crippen molar-refractivity contribution in [2.75, 3.05) is 7.11 Å². The molecule has 16 heavy (non-hydrogen) atoms. The van der Waals surface area contributed by atoms with Gasteiger partial charge in [-0.15, -0.1) is 0 Å². The third kappa shape index (κ3) is 2.87. The Labute approximate surface area is 99.0 Å². The molecule has 0 aliphatic carbocycles. The van der Waals surface area contributed by atoms with Crippen LogP contribution in [0.2, 0.25) is 5.02 Å². The first-order valence-corrected chi connectivity index (χ1v) is 5.15. The Kier molecular flexibility index (Phi) is 4.15. The molecule has 0 saturated heterocycles. The zero-order valence-electron chi connectivity index (χ0n) is 9.16. The van der Waals surface area contributed by atoms with Gasteiger partial charge in [0.15, 0.2) is 0 Å². The number of benzene rings is 1. The van der Waals surface area contributed by atoms with Crippen LogP contribution in [0.1, 0.15) is 23.6 Å². The molecular weight excluding hydrogens is 230 g/mol. The molecular formula is C11H14ClNO3. The van der Waals surface area contributed by atoms with Crippen molar-refractivity contribution in [2.45, 2.75) is 19.4 Å². The molecule has 1 aromatic rings. The largest absolute Gasteiger partial charge is 0.495 e. The quantitative estimate of drug-likeness (QED) is 0.850. The first kappa shape index (κ1) is 12.8. The predicted molar refractivity (Wildman–Crippen MR) is 61.9 cm³/mol. The second-order valence-electron chi connectivity index (χ2n) is 3.57. The van der Waals surface area contributed by atoms with E-state index in [9.17, 15) is 4.79 Å². The third-order valence-electron chi connectivity index (χ3n) is 2.23. The van der Waals surface area contributed by atoms with Crippen LogP contribution in [-0.4, -0.2) is 18.2 Å². The van der Waals surface area contributed by atoms with E-state index in [0.717, 1.165) is 5.56 Å². The summed E-state index contributed by atoms with van der Waals surface area (Å²) in [6.45, 7) is 1.87. The van der Waals surface area contributed by atoms with Crippen molar-refractivity contribution < 1.29 is 14.6 Å². The fraction of sp³-hybridized carbons (Fsp3) is 0.364. The summed E-state index contributed by atoms with van der Waals surface area (Å²) in [6.07, 6.45) is -0.160. The van der Waals surface area contributed by atoms with Crippen LogP contribution >= 0.6 is 11.6 Å². The van der Waals surface area contributed by atoms with Gasteiger partial charge in [-0.1, -0.05) is 17.7 Å². The lowest BCUT2D eigenvalue weighted by Gasteiger charge is -2.15. The minimum Gasteiger partial charge on any atom is -0.495 e. The molecule has 3 N–H and O–H groups in total. The molecule has 0 spiro atoms. The molecule has 1 rings (SSSR count). The maximum atomic E-state index is 10.6. The Morgan fingerprint density at radius 3 is 2.75 bits per heavy atom. The van der Waals surface area contributed by atoms with Gasteiger partial charge in [-0.3, -0.25) is 4.79 Å². The molecule has 0 radical (unpaired) electrons. The number of aryl methyl sites for hydroxylation is 1. The molecule has 0 fully saturated rings. The first-order chi connectivity index (χ1) is 7.45. The summed E-state index contributed by atoms with van der Waals surface area (Å²) in [7, 11) is 1.51. The lowest BCUT2D eigenvalue weighted by Crippen LogP contribution is -2.15. The van der Waals surface area contributed by atoms with Crippen LogP contribution in [0.3, 0.4) is 0 Å². The van der Waals surface area contributed by atoms with Crippen LogP contribution in [0.5, 0.6) is 5.75 Å². The van der Waals surface area contributed by atoms with Crippen LogP contribution in [-0.2, 0) is 4.79 Å². The van der Waals surface area contributed by atoms with E-state index in [-0.39, 0.29) is 6.42 Å². The molecule has 0 heterocycles. The summed E-state index contributed by atoms with van der Waals surface area (Å²) in [6, 6.07) is 2.93. The van der Waals surface area contributed by atoms with Gasteiger partial charge in [0, 0.05) is 6.04 Å². The summed E-state index contributed by atoms with van der Waals surface area (Å²) in [5.74, 6) is -0.443. The average molecular weight is 244 g/mol. The molecule has 1 unspecified atom stereocenters. The molecule has 5 heteroatoms. The van der Waals surface area contributed by atoms with E-state index in [1.807, 2.05) is 6.92 Å². The van der Waals surface area contributed by atoms with E-state index < -0.39 is 12.0 Å². The number of carboxylic acids is 1. The van der Waals surface area contributed by atoms with Crippen molar-refractivity contribution in [3.63, 3.8) is 0 Å². The van der Waals surface area contributed by atoms with Gasteiger partial charge in [-0.25, -0.2) is 0 Å². The fourth-order valence-electron chi connectivity index (χ4n) is 1.48. The number of rotatable bonds is 4. The van der Waals surface area contributed by atoms with Crippen molar-refractivity contribution in [2.24, 2.45) is 5.73 Å². The van der Waals surface area contributed by atoms with Crippen LogP contribution in [0.25, 0.3) is 0 Å². The molecule has 4 nitrogen and oxygen atoms in total. The van der Waals surface area contributed by atoms with E-state index in [1.54, 1.807) is 12.1 Å². The monoisotopic (exact) mass is 243 g/mol. The number of carboxylic acid groups (broad SMARTS) is 1. The fourth-order valence-corrected chi connectivity index (χ4v) is 1.81. The highest BCUT2D eigenvalue weighted by Crippen LogP contribution is 2.33. The van der Waals surface area contributed by atoms with Crippen LogP contribution in [0.4, 0.5) is 0 Å². The molecule has 88 valence electrons. The molecule has 1 atom stereocenters. The molecule has 0 aromatic heterocycles. The minimum atomic E-state index is -0.955. The highest BCUT2D eigenvalue weighted by atomic mass is 35.5. The Morgan fingerprint density at radius 2 is 2.25 bits per heavy atom. The zero-order chi connectivity index (χ0) is 12.3. The maximum Gasteiger partial charge on any atom is 0.305 e. The van der Waals surface area contributed by atoms with Gasteiger partial charge >= 0.3 is 5.97 Å². The number of carbonyl (C=O) groups is 1. The first-order valence-electron chi connectivity index (χ1n) is 4.77. The summed E-state index contributed by atoms with van der Waals surface area (Å²) in [4.78, 5) is 10.6.